The number of halogens is 1. The van der Waals surface area contributed by atoms with Gasteiger partial charge in [0.05, 0.1) is 0 Å². The number of benzene rings is 2. The van der Waals surface area contributed by atoms with E-state index in [1.807, 2.05) is 32.9 Å². The van der Waals surface area contributed by atoms with Crippen molar-refractivity contribution in [2.24, 2.45) is 0 Å². The monoisotopic (exact) mass is 302 g/mol. The Morgan fingerprint density at radius 3 is 2.38 bits per heavy atom. The Morgan fingerprint density at radius 2 is 1.76 bits per heavy atom. The molecule has 0 aliphatic heterocycles. The van der Waals surface area contributed by atoms with Gasteiger partial charge in [0.2, 0.25) is 5.91 Å². The molecule has 0 saturated carbocycles. The van der Waals surface area contributed by atoms with E-state index in [1.54, 1.807) is 24.3 Å². The lowest BCUT2D eigenvalue weighted by atomic mass is 10.1. The lowest BCUT2D eigenvalue weighted by Gasteiger charge is -2.17. The molecule has 0 aliphatic rings. The van der Waals surface area contributed by atoms with Gasteiger partial charge in [-0.2, -0.15) is 0 Å². The molecule has 1 amide bonds. The number of aryl methyl sites for hydroxylation is 2. The summed E-state index contributed by atoms with van der Waals surface area (Å²) >= 11 is 5.82. The molecule has 21 heavy (non-hydrogen) atoms. The van der Waals surface area contributed by atoms with Gasteiger partial charge in [-0.3, -0.25) is 4.79 Å². The average molecular weight is 303 g/mol. The Hall–Kier alpha value is -2.00. The van der Waals surface area contributed by atoms with E-state index in [2.05, 4.69) is 16.7 Å². The van der Waals surface area contributed by atoms with Crippen molar-refractivity contribution in [1.29, 1.82) is 0 Å². The highest BCUT2D eigenvalue weighted by Crippen LogP contribution is 2.18. The Kier molecular flexibility index (Phi) is 4.86. The van der Waals surface area contributed by atoms with Crippen molar-refractivity contribution in [3.63, 3.8) is 0 Å². The van der Waals surface area contributed by atoms with Crippen molar-refractivity contribution in [2.45, 2.75) is 26.8 Å². The van der Waals surface area contributed by atoms with Crippen LogP contribution in [0.1, 0.15) is 18.1 Å². The molecule has 1 unspecified atom stereocenters. The quantitative estimate of drug-likeness (QED) is 0.879. The summed E-state index contributed by atoms with van der Waals surface area (Å²) in [6.07, 6.45) is 0. The highest BCUT2D eigenvalue weighted by Gasteiger charge is 2.13. The number of anilines is 2. The first kappa shape index (κ1) is 15.4. The Bertz CT molecular complexity index is 638. The summed E-state index contributed by atoms with van der Waals surface area (Å²) in [6.45, 7) is 5.91. The first-order chi connectivity index (χ1) is 9.95. The van der Waals surface area contributed by atoms with Gasteiger partial charge in [0.1, 0.15) is 6.04 Å². The summed E-state index contributed by atoms with van der Waals surface area (Å²) in [4.78, 5) is 12.2. The maximum absolute atomic E-state index is 12.2. The van der Waals surface area contributed by atoms with E-state index < -0.39 is 0 Å². The lowest BCUT2D eigenvalue weighted by molar-refractivity contribution is -0.116. The summed E-state index contributed by atoms with van der Waals surface area (Å²) in [7, 11) is 0. The lowest BCUT2D eigenvalue weighted by Crippen LogP contribution is -2.32. The zero-order valence-corrected chi connectivity index (χ0v) is 13.2. The van der Waals surface area contributed by atoms with Crippen molar-refractivity contribution < 1.29 is 4.79 Å². The second kappa shape index (κ2) is 6.64. The normalized spacial score (nSPS) is 11.8. The molecule has 0 spiro atoms. The van der Waals surface area contributed by atoms with Crippen LogP contribution in [0.25, 0.3) is 0 Å². The van der Waals surface area contributed by atoms with Gasteiger partial charge in [0, 0.05) is 16.4 Å². The van der Waals surface area contributed by atoms with Gasteiger partial charge < -0.3 is 10.6 Å². The van der Waals surface area contributed by atoms with E-state index in [9.17, 15) is 4.79 Å². The fourth-order valence-corrected chi connectivity index (χ4v) is 2.18. The van der Waals surface area contributed by atoms with Crippen LogP contribution in [-0.2, 0) is 4.79 Å². The van der Waals surface area contributed by atoms with Crippen LogP contribution in [-0.4, -0.2) is 11.9 Å². The maximum atomic E-state index is 12.2. The molecule has 0 saturated heterocycles. The van der Waals surface area contributed by atoms with E-state index in [-0.39, 0.29) is 11.9 Å². The molecule has 0 fully saturated rings. The number of hydrogen-bond acceptors (Lipinski definition) is 2. The Labute approximate surface area is 130 Å². The molecule has 0 aromatic heterocycles. The molecule has 4 heteroatoms. The maximum Gasteiger partial charge on any atom is 0.246 e. The molecule has 0 aliphatic carbocycles. The van der Waals surface area contributed by atoms with Crippen molar-refractivity contribution >= 4 is 28.9 Å². The highest BCUT2D eigenvalue weighted by molar-refractivity contribution is 6.30. The molecule has 0 bridgehead atoms. The zero-order chi connectivity index (χ0) is 15.4. The van der Waals surface area contributed by atoms with Crippen LogP contribution in [0.4, 0.5) is 11.4 Å². The van der Waals surface area contributed by atoms with E-state index in [1.165, 1.54) is 5.56 Å². The van der Waals surface area contributed by atoms with Crippen LogP contribution in [0, 0.1) is 13.8 Å². The highest BCUT2D eigenvalue weighted by atomic mass is 35.5. The second-order valence-electron chi connectivity index (χ2n) is 5.18. The third-order valence-corrected chi connectivity index (χ3v) is 3.51. The Balaban J connectivity index is 2.00. The molecular weight excluding hydrogens is 284 g/mol. The molecule has 110 valence electrons. The number of nitrogens with one attached hydrogen (secondary N) is 2. The van der Waals surface area contributed by atoms with Crippen molar-refractivity contribution in [3.8, 4) is 0 Å². The standard InChI is InChI=1S/C17H19ClN2O/c1-11-4-9-16(12(2)10-11)19-13(3)17(21)20-15-7-5-14(18)6-8-15/h4-10,13,19H,1-3H3,(H,20,21). The van der Waals surface area contributed by atoms with Crippen LogP contribution < -0.4 is 10.6 Å². The van der Waals surface area contributed by atoms with Gasteiger partial charge in [-0.15, -0.1) is 0 Å². The molecule has 0 heterocycles. The first-order valence-electron chi connectivity index (χ1n) is 6.86. The number of hydrogen-bond donors (Lipinski definition) is 2. The number of carbonyl (C=O) groups is 1. The molecule has 0 radical (unpaired) electrons. The Morgan fingerprint density at radius 1 is 1.10 bits per heavy atom. The van der Waals surface area contributed by atoms with Crippen molar-refractivity contribution in [2.75, 3.05) is 10.6 Å². The molecule has 1 atom stereocenters. The average Bonchev–Trinajstić information content (AvgIpc) is 2.44. The summed E-state index contributed by atoms with van der Waals surface area (Å²) in [6, 6.07) is 12.8. The van der Waals surface area contributed by atoms with E-state index in [4.69, 9.17) is 11.6 Å². The molecular formula is C17H19ClN2O. The van der Waals surface area contributed by atoms with Crippen LogP contribution in [0.3, 0.4) is 0 Å². The van der Waals surface area contributed by atoms with Crippen molar-refractivity contribution in [1.82, 2.24) is 0 Å². The van der Waals surface area contributed by atoms with Crippen LogP contribution in [0.2, 0.25) is 5.02 Å². The second-order valence-corrected chi connectivity index (χ2v) is 5.62. The minimum atomic E-state index is -0.331. The van der Waals surface area contributed by atoms with Crippen molar-refractivity contribution in [3.05, 3.63) is 58.6 Å². The topological polar surface area (TPSA) is 41.1 Å². The van der Waals surface area contributed by atoms with E-state index in [0.717, 1.165) is 16.9 Å². The smallest absolute Gasteiger partial charge is 0.246 e. The van der Waals surface area contributed by atoms with Gasteiger partial charge in [-0.1, -0.05) is 29.3 Å². The number of rotatable bonds is 4. The number of carbonyl (C=O) groups excluding carboxylic acids is 1. The summed E-state index contributed by atoms with van der Waals surface area (Å²) in [5.74, 6) is -0.0858. The van der Waals surface area contributed by atoms with Gasteiger partial charge in [-0.05, 0) is 56.7 Å². The summed E-state index contributed by atoms with van der Waals surface area (Å²) < 4.78 is 0. The fraction of sp³-hybridized carbons (Fsp3) is 0.235. The minimum absolute atomic E-state index is 0.0858. The van der Waals surface area contributed by atoms with E-state index >= 15 is 0 Å². The van der Waals surface area contributed by atoms with Gasteiger partial charge in [-0.25, -0.2) is 0 Å². The molecule has 2 N–H and O–H groups in total. The predicted molar refractivity (Wildman–Crippen MR) is 89.1 cm³/mol. The molecule has 2 aromatic rings. The van der Waals surface area contributed by atoms with Crippen LogP contribution in [0.5, 0.6) is 0 Å². The van der Waals surface area contributed by atoms with Gasteiger partial charge >= 0.3 is 0 Å². The van der Waals surface area contributed by atoms with Crippen LogP contribution >= 0.6 is 11.6 Å². The molecule has 2 aromatic carbocycles. The van der Waals surface area contributed by atoms with E-state index in [0.29, 0.717) is 5.02 Å². The molecule has 2 rings (SSSR count). The number of amides is 1. The van der Waals surface area contributed by atoms with Crippen LogP contribution in [0.15, 0.2) is 42.5 Å². The van der Waals surface area contributed by atoms with Gasteiger partial charge in [0.25, 0.3) is 0 Å². The third kappa shape index (κ3) is 4.23. The third-order valence-electron chi connectivity index (χ3n) is 3.26. The summed E-state index contributed by atoms with van der Waals surface area (Å²) in [5.41, 5.74) is 4.04. The zero-order valence-electron chi connectivity index (χ0n) is 12.4. The fourth-order valence-electron chi connectivity index (χ4n) is 2.06. The minimum Gasteiger partial charge on any atom is -0.374 e. The van der Waals surface area contributed by atoms with Gasteiger partial charge in [0.15, 0.2) is 0 Å². The SMILES string of the molecule is Cc1ccc(NC(C)C(=O)Nc2ccc(Cl)cc2)c(C)c1. The first-order valence-corrected chi connectivity index (χ1v) is 7.24. The molecule has 3 nitrogen and oxygen atoms in total. The predicted octanol–water partition coefficient (Wildman–Crippen LogP) is 4.40. The summed E-state index contributed by atoms with van der Waals surface area (Å²) in [5, 5.41) is 6.74. The largest absolute Gasteiger partial charge is 0.374 e.